The second-order valence-corrected chi connectivity index (χ2v) is 12.0. The summed E-state index contributed by atoms with van der Waals surface area (Å²) in [5.74, 6) is 0. The van der Waals surface area contributed by atoms with Gasteiger partial charge in [0.2, 0.25) is 0 Å². The molecule has 33 heavy (non-hydrogen) atoms. The molecule has 0 fully saturated rings. The van der Waals surface area contributed by atoms with Crippen molar-refractivity contribution < 1.29 is 26.2 Å². The van der Waals surface area contributed by atoms with Crippen LogP contribution in [-0.2, 0) is 48.9 Å². The van der Waals surface area contributed by atoms with Gasteiger partial charge in [-0.05, 0) is 75.5 Å². The van der Waals surface area contributed by atoms with E-state index in [4.69, 9.17) is 0 Å². The van der Waals surface area contributed by atoms with Crippen LogP contribution in [0.5, 0.6) is 0 Å². The summed E-state index contributed by atoms with van der Waals surface area (Å²) < 4.78 is 0. The van der Waals surface area contributed by atoms with Gasteiger partial charge in [-0.1, -0.05) is 109 Å². The molecule has 1 atom stereocenters. The molecule has 0 saturated carbocycles. The fraction of sp³-hybridized carbons (Fsp3) is 0.438. The normalized spacial score (nSPS) is 16.5. The van der Waals surface area contributed by atoms with E-state index in [0.29, 0.717) is 0 Å². The Morgan fingerprint density at radius 2 is 1.61 bits per heavy atom. The van der Waals surface area contributed by atoms with Crippen LogP contribution in [0.1, 0.15) is 95.5 Å². The molecule has 1 heteroatoms. The monoisotopic (exact) mass is 514 g/mol. The maximum atomic E-state index is 4.06. The minimum absolute atomic E-state index is 0. The molecule has 0 heterocycles. The molecule has 2 aromatic rings. The zero-order chi connectivity index (χ0) is 23.3. The summed E-state index contributed by atoms with van der Waals surface area (Å²) in [4.78, 5) is 0. The first-order valence-corrected chi connectivity index (χ1v) is 12.2. The maximum Gasteiger partial charge on any atom is 0.0148 e. The first-order valence-electron chi connectivity index (χ1n) is 12.2. The summed E-state index contributed by atoms with van der Waals surface area (Å²) in [7, 11) is 0. The Morgan fingerprint density at radius 3 is 2.18 bits per heavy atom. The predicted molar refractivity (Wildman–Crippen MR) is 141 cm³/mol. The van der Waals surface area contributed by atoms with E-state index < -0.39 is 0 Å². The van der Waals surface area contributed by atoms with Crippen molar-refractivity contribution in [3.05, 3.63) is 94.6 Å². The van der Waals surface area contributed by atoms with Gasteiger partial charge in [-0.25, -0.2) is 0 Å². The Morgan fingerprint density at radius 1 is 0.909 bits per heavy atom. The van der Waals surface area contributed by atoms with Crippen LogP contribution in [-0.4, -0.2) is 0 Å². The molecule has 0 nitrogen and oxygen atoms in total. The molecular weight excluding hydrogens is 476 g/mol. The summed E-state index contributed by atoms with van der Waals surface area (Å²) in [6.07, 6.45) is 13.2. The number of hydrogen-bond donors (Lipinski definition) is 0. The molecule has 0 bridgehead atoms. The van der Waals surface area contributed by atoms with Gasteiger partial charge < -0.3 is 0 Å². The number of allylic oxidation sites excluding steroid dienone is 5. The van der Waals surface area contributed by atoms with Gasteiger partial charge in [0.25, 0.3) is 0 Å². The van der Waals surface area contributed by atoms with Gasteiger partial charge in [-0.2, -0.15) is 0 Å². The molecule has 0 aromatic heterocycles. The summed E-state index contributed by atoms with van der Waals surface area (Å²) in [6, 6.07) is 12.0. The molecule has 0 saturated heterocycles. The van der Waals surface area contributed by atoms with Crippen LogP contribution in [0.4, 0.5) is 0 Å². The number of rotatable bonds is 5. The van der Waals surface area contributed by atoms with Gasteiger partial charge >= 0.3 is 0 Å². The SMILES string of the molecule is C=CCCC(C)(C1=CC=CC1)c1c(C(C)(C)C)ccc2c1Cc1cc(C(C)(C)C)ccc1-2.[Zr]. The van der Waals surface area contributed by atoms with Crippen molar-refractivity contribution in [3.63, 3.8) is 0 Å². The Labute approximate surface area is 221 Å². The zero-order valence-electron chi connectivity index (χ0n) is 21.7. The van der Waals surface area contributed by atoms with Gasteiger partial charge in [0.1, 0.15) is 0 Å². The van der Waals surface area contributed by atoms with Gasteiger partial charge in [0.15, 0.2) is 0 Å². The molecular formula is C32H40Zr. The van der Waals surface area contributed by atoms with Gasteiger partial charge in [-0.3, -0.25) is 0 Å². The zero-order valence-corrected chi connectivity index (χ0v) is 24.2. The van der Waals surface area contributed by atoms with E-state index in [-0.39, 0.29) is 42.4 Å². The predicted octanol–water partition coefficient (Wildman–Crippen LogP) is 8.96. The van der Waals surface area contributed by atoms with E-state index in [1.165, 1.54) is 27.8 Å². The van der Waals surface area contributed by atoms with E-state index in [0.717, 1.165) is 25.7 Å². The largest absolute Gasteiger partial charge is 0.103 e. The third-order valence-electron chi connectivity index (χ3n) is 7.63. The van der Waals surface area contributed by atoms with Gasteiger partial charge in [-0.15, -0.1) is 6.58 Å². The molecule has 0 aliphatic heterocycles. The van der Waals surface area contributed by atoms with Crippen LogP contribution in [0.15, 0.2) is 66.8 Å². The molecule has 4 rings (SSSR count). The summed E-state index contributed by atoms with van der Waals surface area (Å²) in [5.41, 5.74) is 12.2. The van der Waals surface area contributed by atoms with Crippen molar-refractivity contribution in [1.29, 1.82) is 0 Å². The number of fused-ring (bicyclic) bond motifs is 3. The molecule has 0 amide bonds. The van der Waals surface area contributed by atoms with E-state index in [1.54, 1.807) is 16.7 Å². The standard InChI is InChI=1S/C32H40.Zr/c1-9-10-19-32(8,23-13-11-12-14-23)29-27-21-22-20-24(30(2,3)4)15-16-25(22)26(27)17-18-28(29)31(5,6)7;/h9,11-13,15-18,20H,1,10,14,19,21H2,2-8H3;. The van der Waals surface area contributed by atoms with Crippen LogP contribution in [0.25, 0.3) is 11.1 Å². The second kappa shape index (κ2) is 9.30. The Bertz CT molecular complexity index is 1110. The minimum atomic E-state index is 0. The van der Waals surface area contributed by atoms with Crippen LogP contribution >= 0.6 is 0 Å². The molecule has 2 aliphatic rings. The van der Waals surface area contributed by atoms with E-state index in [1.807, 2.05) is 0 Å². The van der Waals surface area contributed by atoms with Gasteiger partial charge in [0.05, 0.1) is 0 Å². The van der Waals surface area contributed by atoms with E-state index >= 15 is 0 Å². The fourth-order valence-corrected chi connectivity index (χ4v) is 5.69. The number of hydrogen-bond acceptors (Lipinski definition) is 0. The molecule has 2 aromatic carbocycles. The average Bonchev–Trinajstić information content (AvgIpc) is 3.37. The van der Waals surface area contributed by atoms with Crippen molar-refractivity contribution >= 4 is 0 Å². The second-order valence-electron chi connectivity index (χ2n) is 12.0. The summed E-state index contributed by atoms with van der Waals surface area (Å²) in [6.45, 7) is 20.6. The van der Waals surface area contributed by atoms with E-state index in [2.05, 4.69) is 110 Å². The molecule has 2 aliphatic carbocycles. The average molecular weight is 516 g/mol. The Hall–Kier alpha value is -1.46. The van der Waals surface area contributed by atoms with Gasteiger partial charge in [0, 0.05) is 31.6 Å². The third-order valence-corrected chi connectivity index (χ3v) is 7.63. The molecule has 0 N–H and O–H groups in total. The molecule has 1 unspecified atom stereocenters. The molecule has 172 valence electrons. The Balaban J connectivity index is 0.00000306. The van der Waals surface area contributed by atoms with Crippen LogP contribution < -0.4 is 0 Å². The third kappa shape index (κ3) is 4.73. The van der Waals surface area contributed by atoms with E-state index in [9.17, 15) is 0 Å². The first kappa shape index (κ1) is 26.2. The smallest absolute Gasteiger partial charge is 0.0148 e. The van der Waals surface area contributed by atoms with Crippen molar-refractivity contribution in [2.75, 3.05) is 0 Å². The first-order chi connectivity index (χ1) is 15.0. The molecule has 0 spiro atoms. The topological polar surface area (TPSA) is 0 Å². The Kier molecular flexibility index (Phi) is 7.37. The van der Waals surface area contributed by atoms with Crippen molar-refractivity contribution in [3.8, 4) is 11.1 Å². The summed E-state index contributed by atoms with van der Waals surface area (Å²) >= 11 is 0. The number of benzene rings is 2. The van der Waals surface area contributed by atoms with Crippen LogP contribution in [0.3, 0.4) is 0 Å². The van der Waals surface area contributed by atoms with Crippen molar-refractivity contribution in [2.24, 2.45) is 0 Å². The van der Waals surface area contributed by atoms with Crippen LogP contribution in [0, 0.1) is 0 Å². The van der Waals surface area contributed by atoms with Crippen molar-refractivity contribution in [2.45, 2.75) is 90.4 Å². The maximum absolute atomic E-state index is 4.06. The quantitative estimate of drug-likeness (QED) is 0.297. The van der Waals surface area contributed by atoms with Crippen LogP contribution in [0.2, 0.25) is 0 Å². The fourth-order valence-electron chi connectivity index (χ4n) is 5.69. The van der Waals surface area contributed by atoms with Crippen molar-refractivity contribution in [1.82, 2.24) is 0 Å². The minimum Gasteiger partial charge on any atom is -0.103 e. The molecule has 0 radical (unpaired) electrons. The summed E-state index contributed by atoms with van der Waals surface area (Å²) in [5, 5.41) is 0.